The number of benzene rings is 2. The quantitative estimate of drug-likeness (QED) is 0.422. The third-order valence-corrected chi connectivity index (χ3v) is 4.44. The molecule has 0 aliphatic carbocycles. The lowest BCUT2D eigenvalue weighted by atomic mass is 10.1. The summed E-state index contributed by atoms with van der Waals surface area (Å²) in [7, 11) is 1.56. The number of imidazole rings is 1. The van der Waals surface area contributed by atoms with E-state index in [0.717, 1.165) is 5.56 Å². The van der Waals surface area contributed by atoms with Crippen LogP contribution < -0.4 is 10.1 Å². The monoisotopic (exact) mass is 427 g/mol. The predicted molar refractivity (Wildman–Crippen MR) is 108 cm³/mol. The summed E-state index contributed by atoms with van der Waals surface area (Å²) in [6.45, 7) is -0.00425. The zero-order valence-electron chi connectivity index (χ0n) is 15.9. The van der Waals surface area contributed by atoms with Gasteiger partial charge in [0.25, 0.3) is 5.91 Å². The van der Waals surface area contributed by atoms with Crippen molar-refractivity contribution in [3.8, 4) is 5.75 Å². The molecule has 2 N–H and O–H groups in total. The van der Waals surface area contributed by atoms with Crippen molar-refractivity contribution in [1.82, 2.24) is 15.3 Å². The topological polar surface area (TPSA) is 110 Å². The first-order chi connectivity index (χ1) is 14.5. The largest absolute Gasteiger partial charge is 0.497 e. The number of rotatable bonds is 8. The lowest BCUT2D eigenvalue weighted by Crippen LogP contribution is -2.33. The van der Waals surface area contributed by atoms with E-state index in [4.69, 9.17) is 21.1 Å². The molecule has 1 amide bonds. The van der Waals surface area contributed by atoms with E-state index in [1.807, 2.05) is 0 Å². The highest BCUT2D eigenvalue weighted by molar-refractivity contribution is 6.64. The Balaban J connectivity index is 1.69. The number of aromatic amines is 1. The third kappa shape index (κ3) is 5.03. The minimum atomic E-state index is -1.08. The molecule has 2 aromatic carbocycles. The Bertz CT molecular complexity index is 1030. The highest BCUT2D eigenvalue weighted by Crippen LogP contribution is 2.17. The summed E-state index contributed by atoms with van der Waals surface area (Å²) in [6.07, 6.45) is 1.19. The maximum atomic E-state index is 12.6. The summed E-state index contributed by atoms with van der Waals surface area (Å²) >= 11 is 5.64. The first-order valence-corrected chi connectivity index (χ1v) is 9.26. The van der Waals surface area contributed by atoms with E-state index >= 15 is 0 Å². The average molecular weight is 428 g/mol. The maximum Gasteiger partial charge on any atom is 0.357 e. The first-order valence-electron chi connectivity index (χ1n) is 8.88. The van der Waals surface area contributed by atoms with Crippen LogP contribution >= 0.6 is 11.6 Å². The van der Waals surface area contributed by atoms with Crippen LogP contribution in [-0.4, -0.2) is 34.2 Å². The van der Waals surface area contributed by atoms with Gasteiger partial charge < -0.3 is 19.8 Å². The first kappa shape index (κ1) is 21.1. The molecule has 3 rings (SSSR count). The molecule has 0 spiro atoms. The number of methoxy groups -OCH3 is 1. The van der Waals surface area contributed by atoms with Crippen LogP contribution in [0.1, 0.15) is 38.1 Å². The smallest absolute Gasteiger partial charge is 0.357 e. The number of halogens is 1. The van der Waals surface area contributed by atoms with Crippen LogP contribution in [0, 0.1) is 0 Å². The number of carbonyl (C=O) groups is 3. The summed E-state index contributed by atoms with van der Waals surface area (Å²) in [6, 6.07) is 14.4. The van der Waals surface area contributed by atoms with Gasteiger partial charge in [-0.25, -0.2) is 9.78 Å². The van der Waals surface area contributed by atoms with Gasteiger partial charge in [0.05, 0.1) is 13.4 Å². The molecule has 1 aromatic heterocycles. The number of nitrogens with one attached hydrogen (secondary N) is 2. The Kier molecular flexibility index (Phi) is 6.82. The Morgan fingerprint density at radius 2 is 1.80 bits per heavy atom. The van der Waals surface area contributed by atoms with Crippen molar-refractivity contribution < 1.29 is 23.9 Å². The van der Waals surface area contributed by atoms with E-state index in [1.54, 1.807) is 61.7 Å². The van der Waals surface area contributed by atoms with Crippen LogP contribution in [0.15, 0.2) is 60.9 Å². The number of esters is 1. The van der Waals surface area contributed by atoms with E-state index in [0.29, 0.717) is 11.3 Å². The van der Waals surface area contributed by atoms with Gasteiger partial charge in [0.1, 0.15) is 18.4 Å². The van der Waals surface area contributed by atoms with Crippen LogP contribution in [0.5, 0.6) is 5.75 Å². The van der Waals surface area contributed by atoms with Crippen molar-refractivity contribution in [2.45, 2.75) is 12.6 Å². The zero-order chi connectivity index (χ0) is 21.5. The number of aromatic nitrogens is 2. The van der Waals surface area contributed by atoms with E-state index in [-0.39, 0.29) is 18.0 Å². The number of ether oxygens (including phenoxy) is 2. The van der Waals surface area contributed by atoms with E-state index < -0.39 is 23.2 Å². The molecule has 0 fully saturated rings. The summed E-state index contributed by atoms with van der Waals surface area (Å²) in [5.41, 5.74) is 0.917. The molecular weight excluding hydrogens is 410 g/mol. The molecular formula is C21H18ClN3O5. The van der Waals surface area contributed by atoms with Crippen molar-refractivity contribution >= 4 is 28.7 Å². The van der Waals surface area contributed by atoms with E-state index in [2.05, 4.69) is 15.3 Å². The summed E-state index contributed by atoms with van der Waals surface area (Å²) in [5.74, 6) is -0.822. The molecule has 154 valence electrons. The Labute approximate surface area is 177 Å². The van der Waals surface area contributed by atoms with Gasteiger partial charge in [-0.2, -0.15) is 0 Å². The molecule has 0 bridgehead atoms. The van der Waals surface area contributed by atoms with Gasteiger partial charge in [0.2, 0.25) is 5.24 Å². The number of H-pyrrole nitrogens is 1. The lowest BCUT2D eigenvalue weighted by Gasteiger charge is -2.14. The van der Waals surface area contributed by atoms with Gasteiger partial charge in [-0.15, -0.1) is 0 Å². The van der Waals surface area contributed by atoms with Crippen LogP contribution in [0.3, 0.4) is 0 Å². The van der Waals surface area contributed by atoms with Crippen molar-refractivity contribution in [3.63, 3.8) is 0 Å². The summed E-state index contributed by atoms with van der Waals surface area (Å²) in [5, 5.41) is 1.72. The van der Waals surface area contributed by atoms with E-state index in [9.17, 15) is 14.4 Å². The molecule has 1 unspecified atom stereocenters. The maximum absolute atomic E-state index is 12.6. The van der Waals surface area contributed by atoms with Gasteiger partial charge in [0.15, 0.2) is 11.4 Å². The molecule has 30 heavy (non-hydrogen) atoms. The van der Waals surface area contributed by atoms with Crippen molar-refractivity contribution in [2.24, 2.45) is 0 Å². The van der Waals surface area contributed by atoms with E-state index in [1.165, 1.54) is 6.33 Å². The molecule has 0 aliphatic heterocycles. The Morgan fingerprint density at radius 3 is 2.43 bits per heavy atom. The Hall–Kier alpha value is -3.65. The van der Waals surface area contributed by atoms with Gasteiger partial charge in [0, 0.05) is 0 Å². The SMILES string of the molecule is COc1ccc(COC(=O)c2[nH]cnc2C(=O)NC(C(=O)Cl)c2ccccc2)cc1. The second-order valence-electron chi connectivity index (χ2n) is 6.17. The van der Waals surface area contributed by atoms with Crippen LogP contribution in [0.25, 0.3) is 0 Å². The average Bonchev–Trinajstić information content (AvgIpc) is 3.26. The highest BCUT2D eigenvalue weighted by atomic mass is 35.5. The Morgan fingerprint density at radius 1 is 1.10 bits per heavy atom. The molecule has 0 radical (unpaired) electrons. The number of carbonyl (C=O) groups excluding carboxylic acids is 3. The molecule has 0 saturated heterocycles. The predicted octanol–water partition coefficient (Wildman–Crippen LogP) is 3.01. The second-order valence-corrected chi connectivity index (χ2v) is 6.54. The molecule has 8 nitrogen and oxygen atoms in total. The van der Waals surface area contributed by atoms with Gasteiger partial charge >= 0.3 is 5.97 Å². The van der Waals surface area contributed by atoms with Crippen molar-refractivity contribution in [3.05, 3.63) is 83.4 Å². The van der Waals surface area contributed by atoms with Crippen molar-refractivity contribution in [2.75, 3.05) is 7.11 Å². The number of hydrogen-bond donors (Lipinski definition) is 2. The van der Waals surface area contributed by atoms with Gasteiger partial charge in [-0.3, -0.25) is 9.59 Å². The molecule has 0 aliphatic rings. The summed E-state index contributed by atoms with van der Waals surface area (Å²) < 4.78 is 10.3. The molecule has 1 heterocycles. The van der Waals surface area contributed by atoms with Crippen LogP contribution in [0.4, 0.5) is 0 Å². The molecule has 3 aromatic rings. The fourth-order valence-corrected chi connectivity index (χ4v) is 2.86. The summed E-state index contributed by atoms with van der Waals surface area (Å²) in [4.78, 5) is 43.3. The fraction of sp³-hybridized carbons (Fsp3) is 0.143. The number of nitrogens with zero attached hydrogens (tertiary/aromatic N) is 1. The van der Waals surface area contributed by atoms with Crippen LogP contribution in [-0.2, 0) is 16.1 Å². The second kappa shape index (κ2) is 9.71. The minimum absolute atomic E-state index is 0.00425. The lowest BCUT2D eigenvalue weighted by molar-refractivity contribution is -0.113. The zero-order valence-corrected chi connectivity index (χ0v) is 16.7. The fourth-order valence-electron chi connectivity index (χ4n) is 2.68. The normalized spacial score (nSPS) is 11.4. The van der Waals surface area contributed by atoms with Crippen molar-refractivity contribution in [1.29, 1.82) is 0 Å². The van der Waals surface area contributed by atoms with Crippen LogP contribution in [0.2, 0.25) is 0 Å². The molecule has 9 heteroatoms. The third-order valence-electron chi connectivity index (χ3n) is 4.22. The van der Waals surface area contributed by atoms with Gasteiger partial charge in [-0.05, 0) is 34.9 Å². The molecule has 1 atom stereocenters. The minimum Gasteiger partial charge on any atom is -0.497 e. The molecule has 0 saturated carbocycles. The highest BCUT2D eigenvalue weighted by Gasteiger charge is 2.26. The van der Waals surface area contributed by atoms with Gasteiger partial charge in [-0.1, -0.05) is 42.5 Å². The number of hydrogen-bond acceptors (Lipinski definition) is 6. The number of amides is 1. The standard InChI is InChI=1S/C21H18ClN3O5/c1-29-15-9-7-13(8-10-15)11-30-21(28)18-17(23-12-24-18)20(27)25-16(19(22)26)14-5-3-2-4-6-14/h2-10,12,16H,11H2,1H3,(H,23,24)(H,25,27).